The third-order valence-electron chi connectivity index (χ3n) is 4.01. The van der Waals surface area contributed by atoms with Gasteiger partial charge in [0.2, 0.25) is 5.91 Å². The van der Waals surface area contributed by atoms with Gasteiger partial charge in [-0.25, -0.2) is 0 Å². The van der Waals surface area contributed by atoms with Crippen LogP contribution in [-0.4, -0.2) is 24.7 Å². The van der Waals surface area contributed by atoms with Crippen molar-refractivity contribution < 1.29 is 9.53 Å². The van der Waals surface area contributed by atoms with Crippen LogP contribution in [-0.2, 0) is 16.1 Å². The van der Waals surface area contributed by atoms with Gasteiger partial charge in [-0.3, -0.25) is 10.1 Å². The molecule has 2 unspecified atom stereocenters. The van der Waals surface area contributed by atoms with Crippen molar-refractivity contribution in [2.75, 3.05) is 7.11 Å². The lowest BCUT2D eigenvalue weighted by Gasteiger charge is -2.41. The Labute approximate surface area is 114 Å². The summed E-state index contributed by atoms with van der Waals surface area (Å²) in [6.07, 6.45) is 3.57. The third kappa shape index (κ3) is 2.96. The number of nitrogens with two attached hydrogens (primary N) is 1. The Balaban J connectivity index is 2.13. The zero-order chi connectivity index (χ0) is 13.7. The van der Waals surface area contributed by atoms with E-state index in [-0.39, 0.29) is 12.0 Å². The summed E-state index contributed by atoms with van der Waals surface area (Å²) in [5, 5.41) is 3.35. The van der Waals surface area contributed by atoms with Gasteiger partial charge in [-0.2, -0.15) is 0 Å². The highest BCUT2D eigenvalue weighted by atomic mass is 16.5. The van der Waals surface area contributed by atoms with Crippen molar-refractivity contribution in [3.8, 4) is 0 Å². The van der Waals surface area contributed by atoms with Gasteiger partial charge in [0, 0.05) is 13.7 Å². The lowest BCUT2D eigenvalue weighted by Crippen LogP contribution is -2.64. The van der Waals surface area contributed by atoms with E-state index in [1.54, 1.807) is 7.11 Å². The van der Waals surface area contributed by atoms with Gasteiger partial charge in [0.1, 0.15) is 5.54 Å². The SMILES string of the molecule is COC1CCCCC1(NCc1ccccc1)C(N)=O. The van der Waals surface area contributed by atoms with Crippen LogP contribution >= 0.6 is 0 Å². The Kier molecular flexibility index (Phi) is 4.56. The Hall–Kier alpha value is -1.39. The van der Waals surface area contributed by atoms with E-state index in [1.165, 1.54) is 0 Å². The highest BCUT2D eigenvalue weighted by Gasteiger charge is 2.45. The van der Waals surface area contributed by atoms with Crippen molar-refractivity contribution in [1.29, 1.82) is 0 Å². The lowest BCUT2D eigenvalue weighted by atomic mass is 9.78. The summed E-state index contributed by atoms with van der Waals surface area (Å²) in [6.45, 7) is 0.629. The third-order valence-corrected chi connectivity index (χ3v) is 4.01. The molecule has 0 radical (unpaired) electrons. The van der Waals surface area contributed by atoms with Crippen LogP contribution in [0.4, 0.5) is 0 Å². The molecule has 0 aliphatic heterocycles. The fourth-order valence-corrected chi connectivity index (χ4v) is 2.89. The van der Waals surface area contributed by atoms with Crippen molar-refractivity contribution in [1.82, 2.24) is 5.32 Å². The predicted molar refractivity (Wildman–Crippen MR) is 74.5 cm³/mol. The molecule has 1 aliphatic rings. The first-order valence-electron chi connectivity index (χ1n) is 6.81. The highest BCUT2D eigenvalue weighted by Crippen LogP contribution is 2.30. The minimum atomic E-state index is -0.733. The van der Waals surface area contributed by atoms with Gasteiger partial charge in [-0.15, -0.1) is 0 Å². The topological polar surface area (TPSA) is 64.3 Å². The molecule has 0 heterocycles. The minimum Gasteiger partial charge on any atom is -0.379 e. The minimum absolute atomic E-state index is 0.137. The van der Waals surface area contributed by atoms with Gasteiger partial charge >= 0.3 is 0 Å². The molecule has 1 fully saturated rings. The van der Waals surface area contributed by atoms with Crippen LogP contribution < -0.4 is 11.1 Å². The van der Waals surface area contributed by atoms with E-state index in [0.717, 1.165) is 31.2 Å². The molecule has 0 saturated heterocycles. The average molecular weight is 262 g/mol. The molecule has 4 heteroatoms. The maximum absolute atomic E-state index is 11.9. The molecule has 19 heavy (non-hydrogen) atoms. The number of methoxy groups -OCH3 is 1. The van der Waals surface area contributed by atoms with Crippen LogP contribution in [0.3, 0.4) is 0 Å². The summed E-state index contributed by atoms with van der Waals surface area (Å²) in [6, 6.07) is 10.0. The van der Waals surface area contributed by atoms with E-state index >= 15 is 0 Å². The Bertz CT molecular complexity index is 421. The monoisotopic (exact) mass is 262 g/mol. The highest BCUT2D eigenvalue weighted by molar-refractivity contribution is 5.85. The molecule has 1 aromatic carbocycles. The molecule has 104 valence electrons. The molecule has 0 bridgehead atoms. The van der Waals surface area contributed by atoms with Gasteiger partial charge in [0.15, 0.2) is 0 Å². The molecule has 2 rings (SSSR count). The van der Waals surface area contributed by atoms with Gasteiger partial charge in [0.25, 0.3) is 0 Å². The van der Waals surface area contributed by atoms with Crippen molar-refractivity contribution in [3.63, 3.8) is 0 Å². The molecule has 1 saturated carbocycles. The van der Waals surface area contributed by atoms with Gasteiger partial charge in [0.05, 0.1) is 6.10 Å². The molecule has 0 aromatic heterocycles. The molecule has 0 spiro atoms. The fraction of sp³-hybridized carbons (Fsp3) is 0.533. The van der Waals surface area contributed by atoms with Gasteiger partial charge in [-0.1, -0.05) is 43.2 Å². The first kappa shape index (κ1) is 14.0. The molecule has 4 nitrogen and oxygen atoms in total. The summed E-state index contributed by atoms with van der Waals surface area (Å²) >= 11 is 0. The van der Waals surface area contributed by atoms with E-state index < -0.39 is 5.54 Å². The van der Waals surface area contributed by atoms with Crippen LogP contribution in [0, 0.1) is 0 Å². The number of hydrogen-bond donors (Lipinski definition) is 2. The normalized spacial score (nSPS) is 27.1. The summed E-state index contributed by atoms with van der Waals surface area (Å²) in [5.41, 5.74) is 6.06. The van der Waals surface area contributed by atoms with E-state index in [1.807, 2.05) is 30.3 Å². The second-order valence-electron chi connectivity index (χ2n) is 5.14. The summed E-state index contributed by atoms with van der Waals surface area (Å²) < 4.78 is 5.49. The van der Waals surface area contributed by atoms with Crippen molar-refractivity contribution in [3.05, 3.63) is 35.9 Å². The summed E-state index contributed by atoms with van der Waals surface area (Å²) in [4.78, 5) is 11.9. The average Bonchev–Trinajstić information content (AvgIpc) is 2.46. The molecule has 3 N–H and O–H groups in total. The number of hydrogen-bond acceptors (Lipinski definition) is 3. The van der Waals surface area contributed by atoms with E-state index in [4.69, 9.17) is 10.5 Å². The van der Waals surface area contributed by atoms with Gasteiger partial charge in [-0.05, 0) is 18.4 Å². The number of carbonyl (C=O) groups excluding carboxylic acids is 1. The van der Waals surface area contributed by atoms with Gasteiger partial charge < -0.3 is 10.5 Å². The Morgan fingerprint density at radius 1 is 1.42 bits per heavy atom. The molecule has 2 atom stereocenters. The Morgan fingerprint density at radius 2 is 2.16 bits per heavy atom. The molecular formula is C15H22N2O2. The van der Waals surface area contributed by atoms with E-state index in [0.29, 0.717) is 6.54 Å². The smallest absolute Gasteiger partial charge is 0.240 e. The first-order valence-corrected chi connectivity index (χ1v) is 6.81. The second kappa shape index (κ2) is 6.17. The number of amides is 1. The zero-order valence-corrected chi connectivity index (χ0v) is 11.4. The lowest BCUT2D eigenvalue weighted by molar-refractivity contribution is -0.133. The largest absolute Gasteiger partial charge is 0.379 e. The number of benzene rings is 1. The number of carbonyl (C=O) groups is 1. The Morgan fingerprint density at radius 3 is 2.79 bits per heavy atom. The number of rotatable bonds is 5. The molecule has 1 aromatic rings. The van der Waals surface area contributed by atoms with Crippen molar-refractivity contribution in [2.45, 2.75) is 43.9 Å². The molecule has 1 aliphatic carbocycles. The number of primary amides is 1. The fourth-order valence-electron chi connectivity index (χ4n) is 2.89. The standard InChI is InChI=1S/C15H22N2O2/c1-19-13-9-5-6-10-15(13,14(16)18)17-11-12-7-3-2-4-8-12/h2-4,7-8,13,17H,5-6,9-11H2,1H3,(H2,16,18). The molecule has 1 amide bonds. The van der Waals surface area contributed by atoms with Crippen LogP contribution in [0.2, 0.25) is 0 Å². The maximum Gasteiger partial charge on any atom is 0.240 e. The number of nitrogens with one attached hydrogen (secondary N) is 1. The van der Waals surface area contributed by atoms with Crippen LogP contribution in [0.15, 0.2) is 30.3 Å². The van der Waals surface area contributed by atoms with Crippen LogP contribution in [0.25, 0.3) is 0 Å². The van der Waals surface area contributed by atoms with Crippen molar-refractivity contribution >= 4 is 5.91 Å². The zero-order valence-electron chi connectivity index (χ0n) is 11.4. The quantitative estimate of drug-likeness (QED) is 0.847. The number of ether oxygens (including phenoxy) is 1. The molecular weight excluding hydrogens is 240 g/mol. The second-order valence-corrected chi connectivity index (χ2v) is 5.14. The first-order chi connectivity index (χ1) is 9.19. The van der Waals surface area contributed by atoms with Crippen LogP contribution in [0.1, 0.15) is 31.2 Å². The maximum atomic E-state index is 11.9. The van der Waals surface area contributed by atoms with E-state index in [2.05, 4.69) is 5.32 Å². The predicted octanol–water partition coefficient (Wildman–Crippen LogP) is 1.59. The summed E-state index contributed by atoms with van der Waals surface area (Å²) in [5.74, 6) is -0.310. The summed E-state index contributed by atoms with van der Waals surface area (Å²) in [7, 11) is 1.65. The van der Waals surface area contributed by atoms with Crippen molar-refractivity contribution in [2.24, 2.45) is 5.73 Å². The van der Waals surface area contributed by atoms with Crippen LogP contribution in [0.5, 0.6) is 0 Å². The van der Waals surface area contributed by atoms with E-state index in [9.17, 15) is 4.79 Å².